The Morgan fingerprint density at radius 1 is 1.29 bits per heavy atom. The molecule has 1 unspecified atom stereocenters. The lowest BCUT2D eigenvalue weighted by Crippen LogP contribution is -2.45. The van der Waals surface area contributed by atoms with Crippen molar-refractivity contribution < 1.29 is 9.47 Å². The Balaban J connectivity index is 0.00000280. The van der Waals surface area contributed by atoms with Crippen molar-refractivity contribution in [3.8, 4) is 17.4 Å². The molecule has 1 atom stereocenters. The first-order valence-electron chi connectivity index (χ1n) is 9.40. The van der Waals surface area contributed by atoms with E-state index in [2.05, 4.69) is 27.1 Å². The Hall–Kier alpha value is -2.03. The summed E-state index contributed by atoms with van der Waals surface area (Å²) in [7, 11) is 3.47. The monoisotopic (exact) mass is 496 g/mol. The van der Waals surface area contributed by atoms with Crippen molar-refractivity contribution in [3.63, 3.8) is 0 Å². The molecule has 152 valence electrons. The van der Waals surface area contributed by atoms with Crippen LogP contribution in [0.3, 0.4) is 0 Å². The van der Waals surface area contributed by atoms with E-state index in [9.17, 15) is 0 Å². The second-order valence-electron chi connectivity index (χ2n) is 6.88. The number of halogens is 1. The molecule has 0 amide bonds. The second-order valence-corrected chi connectivity index (χ2v) is 6.88. The fraction of sp³-hybridized carbons (Fsp3) is 0.429. The molecular formula is C21H29IN4O2. The minimum atomic E-state index is 0. The Bertz CT molecular complexity index is 767. The molecule has 0 bridgehead atoms. The fourth-order valence-corrected chi connectivity index (χ4v) is 3.26. The lowest BCUT2D eigenvalue weighted by Gasteiger charge is -2.33. The molecule has 1 saturated heterocycles. The van der Waals surface area contributed by atoms with E-state index in [1.54, 1.807) is 7.11 Å². The van der Waals surface area contributed by atoms with Crippen LogP contribution in [0.15, 0.2) is 47.6 Å². The van der Waals surface area contributed by atoms with Crippen LogP contribution in [0, 0.1) is 5.92 Å². The van der Waals surface area contributed by atoms with Crippen LogP contribution in [0.2, 0.25) is 0 Å². The average molecular weight is 496 g/mol. The van der Waals surface area contributed by atoms with E-state index in [1.807, 2.05) is 49.6 Å². The number of benzene rings is 1. The maximum atomic E-state index is 5.79. The van der Waals surface area contributed by atoms with E-state index < -0.39 is 0 Å². The molecule has 1 aliphatic heterocycles. The Labute approximate surface area is 184 Å². The largest absolute Gasteiger partial charge is 0.497 e. The molecule has 28 heavy (non-hydrogen) atoms. The van der Waals surface area contributed by atoms with Crippen molar-refractivity contribution in [3.05, 3.63) is 48.2 Å². The number of hydrogen-bond acceptors (Lipinski definition) is 4. The molecular weight excluding hydrogens is 467 g/mol. The third-order valence-corrected chi connectivity index (χ3v) is 4.68. The van der Waals surface area contributed by atoms with E-state index >= 15 is 0 Å². The maximum Gasteiger partial charge on any atom is 0.219 e. The van der Waals surface area contributed by atoms with Gasteiger partial charge in [0, 0.05) is 45.0 Å². The summed E-state index contributed by atoms with van der Waals surface area (Å²) in [6.07, 6.45) is 4.35. The minimum absolute atomic E-state index is 0. The van der Waals surface area contributed by atoms with E-state index in [0.29, 0.717) is 24.1 Å². The normalized spacial score (nSPS) is 16.9. The molecule has 1 aromatic carbocycles. The topological polar surface area (TPSA) is 59.0 Å². The van der Waals surface area contributed by atoms with Gasteiger partial charge in [-0.1, -0.05) is 19.1 Å². The number of ether oxygens (including phenoxy) is 2. The molecule has 0 saturated carbocycles. The van der Waals surface area contributed by atoms with Gasteiger partial charge in [-0.3, -0.25) is 4.99 Å². The van der Waals surface area contributed by atoms with Gasteiger partial charge in [-0.25, -0.2) is 4.98 Å². The number of guanidine groups is 1. The van der Waals surface area contributed by atoms with Gasteiger partial charge in [-0.05, 0) is 36.5 Å². The van der Waals surface area contributed by atoms with E-state index in [-0.39, 0.29) is 24.0 Å². The number of methoxy groups -OCH3 is 1. The number of nitrogens with zero attached hydrogens (tertiary/aromatic N) is 3. The number of aliphatic imine (C=N–C) groups is 1. The van der Waals surface area contributed by atoms with Crippen LogP contribution in [-0.4, -0.2) is 43.1 Å². The lowest BCUT2D eigenvalue weighted by atomic mass is 10.0. The van der Waals surface area contributed by atoms with Gasteiger partial charge in [0.25, 0.3) is 0 Å². The number of aromatic nitrogens is 1. The quantitative estimate of drug-likeness (QED) is 0.380. The SMILES string of the molecule is CN=C(NCc1ccc(Oc2cccc(OC)c2)nc1)N1CCCC(C)C1.I. The van der Waals surface area contributed by atoms with Gasteiger partial charge in [-0.15, -0.1) is 24.0 Å². The van der Waals surface area contributed by atoms with Crippen LogP contribution < -0.4 is 14.8 Å². The van der Waals surface area contributed by atoms with Gasteiger partial charge >= 0.3 is 0 Å². The highest BCUT2D eigenvalue weighted by Crippen LogP contribution is 2.23. The highest BCUT2D eigenvalue weighted by molar-refractivity contribution is 14.0. The molecule has 0 radical (unpaired) electrons. The molecule has 6 nitrogen and oxygen atoms in total. The predicted octanol–water partition coefficient (Wildman–Crippen LogP) is 4.31. The van der Waals surface area contributed by atoms with Crippen molar-refractivity contribution in [1.82, 2.24) is 15.2 Å². The predicted molar refractivity (Wildman–Crippen MR) is 123 cm³/mol. The van der Waals surface area contributed by atoms with E-state index in [0.717, 1.165) is 30.4 Å². The van der Waals surface area contributed by atoms with Gasteiger partial charge in [-0.2, -0.15) is 0 Å². The third kappa shape index (κ3) is 6.25. The summed E-state index contributed by atoms with van der Waals surface area (Å²) in [5.41, 5.74) is 1.08. The standard InChI is InChI=1S/C21H28N4O2.HI/c1-16-6-5-11-25(15-16)21(22-2)24-14-17-9-10-20(23-13-17)27-19-8-4-7-18(12-19)26-3;/h4,7-10,12-13,16H,5-6,11,14-15H2,1-3H3,(H,22,24);1H. The molecule has 1 aromatic heterocycles. The zero-order chi connectivity index (χ0) is 19.1. The lowest BCUT2D eigenvalue weighted by molar-refractivity contribution is 0.266. The Kier molecular flexibility index (Phi) is 8.82. The van der Waals surface area contributed by atoms with Crippen LogP contribution in [0.1, 0.15) is 25.3 Å². The second kappa shape index (κ2) is 11.1. The molecule has 1 aliphatic rings. The summed E-state index contributed by atoms with van der Waals surface area (Å²) in [6, 6.07) is 11.4. The summed E-state index contributed by atoms with van der Waals surface area (Å²) in [4.78, 5) is 11.2. The van der Waals surface area contributed by atoms with Crippen LogP contribution in [0.4, 0.5) is 0 Å². The first kappa shape index (κ1) is 22.3. The van der Waals surface area contributed by atoms with Gasteiger partial charge in [0.05, 0.1) is 7.11 Å². The molecule has 7 heteroatoms. The minimum Gasteiger partial charge on any atom is -0.497 e. The Morgan fingerprint density at radius 3 is 2.79 bits per heavy atom. The van der Waals surface area contributed by atoms with Crippen molar-refractivity contribution in [2.45, 2.75) is 26.3 Å². The number of nitrogens with one attached hydrogen (secondary N) is 1. The smallest absolute Gasteiger partial charge is 0.219 e. The van der Waals surface area contributed by atoms with Crippen LogP contribution >= 0.6 is 24.0 Å². The van der Waals surface area contributed by atoms with E-state index in [1.165, 1.54) is 12.8 Å². The highest BCUT2D eigenvalue weighted by atomic mass is 127. The summed E-state index contributed by atoms with van der Waals surface area (Å²) >= 11 is 0. The molecule has 1 fully saturated rings. The number of pyridine rings is 1. The van der Waals surface area contributed by atoms with Gasteiger partial charge in [0.2, 0.25) is 5.88 Å². The summed E-state index contributed by atoms with van der Waals surface area (Å²) in [5.74, 6) is 3.69. The molecule has 0 spiro atoms. The average Bonchev–Trinajstić information content (AvgIpc) is 2.70. The first-order chi connectivity index (χ1) is 13.2. The molecule has 2 aromatic rings. The van der Waals surface area contributed by atoms with Crippen LogP contribution in [-0.2, 0) is 6.54 Å². The van der Waals surface area contributed by atoms with Gasteiger partial charge < -0.3 is 19.7 Å². The van der Waals surface area contributed by atoms with Crippen molar-refractivity contribution in [2.24, 2.45) is 10.9 Å². The fourth-order valence-electron chi connectivity index (χ4n) is 3.26. The van der Waals surface area contributed by atoms with Gasteiger partial charge in [0.15, 0.2) is 5.96 Å². The summed E-state index contributed by atoms with van der Waals surface area (Å²) in [5, 5.41) is 3.44. The molecule has 0 aliphatic carbocycles. The zero-order valence-corrected chi connectivity index (χ0v) is 19.1. The third-order valence-electron chi connectivity index (χ3n) is 4.68. The maximum absolute atomic E-state index is 5.79. The molecule has 2 heterocycles. The molecule has 1 N–H and O–H groups in total. The molecule has 3 rings (SSSR count). The number of piperidine rings is 1. The van der Waals surface area contributed by atoms with Crippen LogP contribution in [0.25, 0.3) is 0 Å². The highest BCUT2D eigenvalue weighted by Gasteiger charge is 2.18. The number of likely N-dealkylation sites (tertiary alicyclic amines) is 1. The Morgan fingerprint density at radius 2 is 2.11 bits per heavy atom. The first-order valence-corrected chi connectivity index (χ1v) is 9.40. The summed E-state index contributed by atoms with van der Waals surface area (Å²) in [6.45, 7) is 5.11. The number of rotatable bonds is 5. The van der Waals surface area contributed by atoms with Crippen LogP contribution in [0.5, 0.6) is 17.4 Å². The van der Waals surface area contributed by atoms with Crippen molar-refractivity contribution in [2.75, 3.05) is 27.2 Å². The van der Waals surface area contributed by atoms with E-state index in [4.69, 9.17) is 9.47 Å². The van der Waals surface area contributed by atoms with Crippen molar-refractivity contribution >= 4 is 29.9 Å². The zero-order valence-electron chi connectivity index (χ0n) is 16.7. The van der Waals surface area contributed by atoms with Crippen molar-refractivity contribution in [1.29, 1.82) is 0 Å². The number of hydrogen-bond donors (Lipinski definition) is 1. The summed E-state index contributed by atoms with van der Waals surface area (Å²) < 4.78 is 11.0. The van der Waals surface area contributed by atoms with Gasteiger partial charge in [0.1, 0.15) is 11.5 Å².